The van der Waals surface area contributed by atoms with Gasteiger partial charge in [-0.05, 0) is 0 Å². The summed E-state index contributed by atoms with van der Waals surface area (Å²) in [5, 5.41) is 21.5. The molecule has 6 heteroatoms. The van der Waals surface area contributed by atoms with Crippen molar-refractivity contribution in [3.63, 3.8) is 0 Å². The summed E-state index contributed by atoms with van der Waals surface area (Å²) in [6, 6.07) is 0. The monoisotopic (exact) mass is 110 g/mol. The first-order chi connectivity index (χ1) is 1.73. The SMILES string of the molecule is OB(O)O.[H-].[H-].[Na+].[Na+]. The van der Waals surface area contributed by atoms with E-state index in [1.807, 2.05) is 0 Å². The molecule has 28 valence electrons. The van der Waals surface area contributed by atoms with Crippen LogP contribution in [-0.2, 0) is 0 Å². The summed E-state index contributed by atoms with van der Waals surface area (Å²) in [5.41, 5.74) is 0. The number of hydrogen-bond donors (Lipinski definition) is 3. The van der Waals surface area contributed by atoms with E-state index in [0.29, 0.717) is 0 Å². The third kappa shape index (κ3) is 38.4. The van der Waals surface area contributed by atoms with Crippen molar-refractivity contribution < 1.29 is 77.0 Å². The fourth-order valence-corrected chi connectivity index (χ4v) is 0. The van der Waals surface area contributed by atoms with Crippen molar-refractivity contribution in [3.8, 4) is 0 Å². The Labute approximate surface area is 83.5 Å². The van der Waals surface area contributed by atoms with Crippen molar-refractivity contribution in [3.05, 3.63) is 0 Å². The summed E-state index contributed by atoms with van der Waals surface area (Å²) in [6.07, 6.45) is 0. The predicted molar refractivity (Wildman–Crippen MR) is 14.6 cm³/mol. The summed E-state index contributed by atoms with van der Waals surface area (Å²) < 4.78 is 0. The van der Waals surface area contributed by atoms with Gasteiger partial charge in [0.1, 0.15) is 0 Å². The zero-order valence-corrected chi connectivity index (χ0v) is 7.92. The minimum atomic E-state index is -2.17. The first-order valence-electron chi connectivity index (χ1n) is 0.775. The molecule has 0 aromatic rings. The topological polar surface area (TPSA) is 60.7 Å². The third-order valence-electron chi connectivity index (χ3n) is 0. The molecule has 0 heterocycles. The van der Waals surface area contributed by atoms with Crippen LogP contribution in [-0.4, -0.2) is 22.4 Å². The fourth-order valence-electron chi connectivity index (χ4n) is 0. The number of rotatable bonds is 0. The third-order valence-corrected chi connectivity index (χ3v) is 0. The molecule has 0 saturated heterocycles. The van der Waals surface area contributed by atoms with Crippen LogP contribution in [0.5, 0.6) is 0 Å². The van der Waals surface area contributed by atoms with Crippen molar-refractivity contribution in [2.75, 3.05) is 0 Å². The largest absolute Gasteiger partial charge is 1.00 e. The van der Waals surface area contributed by atoms with Gasteiger partial charge in [-0.3, -0.25) is 0 Å². The molecule has 0 aromatic carbocycles. The molecule has 6 heavy (non-hydrogen) atoms. The van der Waals surface area contributed by atoms with Crippen molar-refractivity contribution in [1.29, 1.82) is 0 Å². The summed E-state index contributed by atoms with van der Waals surface area (Å²) in [4.78, 5) is 0. The predicted octanol–water partition coefficient (Wildman–Crippen LogP) is -7.82. The maximum atomic E-state index is 7.17. The van der Waals surface area contributed by atoms with E-state index in [9.17, 15) is 0 Å². The molecule has 0 amide bonds. The summed E-state index contributed by atoms with van der Waals surface area (Å²) >= 11 is 0. The normalized spacial score (nSPS) is 4.50. The first-order valence-corrected chi connectivity index (χ1v) is 0.775. The van der Waals surface area contributed by atoms with Crippen LogP contribution in [0.1, 0.15) is 2.85 Å². The van der Waals surface area contributed by atoms with Crippen molar-refractivity contribution in [1.82, 2.24) is 0 Å². The average molecular weight is 110 g/mol. The Balaban J connectivity index is -0.00000000750. The van der Waals surface area contributed by atoms with E-state index in [0.717, 1.165) is 0 Å². The van der Waals surface area contributed by atoms with E-state index in [2.05, 4.69) is 0 Å². The smallest absolute Gasteiger partial charge is 1.00 e. The van der Waals surface area contributed by atoms with Crippen LogP contribution >= 0.6 is 0 Å². The van der Waals surface area contributed by atoms with E-state index >= 15 is 0 Å². The van der Waals surface area contributed by atoms with Crippen LogP contribution in [0.15, 0.2) is 0 Å². The second-order valence-corrected chi connectivity index (χ2v) is 0.346. The molecule has 3 nitrogen and oxygen atoms in total. The first kappa shape index (κ1) is 15.7. The van der Waals surface area contributed by atoms with Gasteiger partial charge in [0.25, 0.3) is 0 Å². The second kappa shape index (κ2) is 10.0. The van der Waals surface area contributed by atoms with E-state index in [4.69, 9.17) is 15.1 Å². The molecular weight excluding hydrogens is 105 g/mol. The molecule has 3 N–H and O–H groups in total. The van der Waals surface area contributed by atoms with E-state index in [1.165, 1.54) is 0 Å². The van der Waals surface area contributed by atoms with Crippen LogP contribution < -0.4 is 59.1 Å². The molecule has 0 radical (unpaired) electrons. The minimum Gasteiger partial charge on any atom is -1.00 e. The molecule has 0 fully saturated rings. The Hall–Kier alpha value is 1.94. The van der Waals surface area contributed by atoms with Crippen LogP contribution in [0.3, 0.4) is 0 Å². The Bertz CT molecular complexity index is 20.0. The van der Waals surface area contributed by atoms with Gasteiger partial charge < -0.3 is 17.9 Å². The Morgan fingerprint density at radius 3 is 1.00 bits per heavy atom. The summed E-state index contributed by atoms with van der Waals surface area (Å²) in [5.74, 6) is 0. The molecule has 0 unspecified atom stereocenters. The Morgan fingerprint density at radius 1 is 1.00 bits per heavy atom. The molecule has 0 saturated carbocycles. The van der Waals surface area contributed by atoms with Gasteiger partial charge in [-0.15, -0.1) is 0 Å². The number of hydrogen-bond acceptors (Lipinski definition) is 3. The van der Waals surface area contributed by atoms with Crippen molar-refractivity contribution >= 4 is 7.32 Å². The molecule has 0 aliphatic heterocycles. The minimum absolute atomic E-state index is 0. The van der Waals surface area contributed by atoms with Gasteiger partial charge in [-0.25, -0.2) is 0 Å². The van der Waals surface area contributed by atoms with Crippen LogP contribution in [0.25, 0.3) is 0 Å². The molecular formula is H5BNa2O3. The van der Waals surface area contributed by atoms with Crippen molar-refractivity contribution in [2.45, 2.75) is 0 Å². The van der Waals surface area contributed by atoms with Gasteiger partial charge in [0, 0.05) is 0 Å². The fraction of sp³-hybridized carbons (Fsp3) is 0. The van der Waals surface area contributed by atoms with Gasteiger partial charge in [-0.2, -0.15) is 0 Å². The summed E-state index contributed by atoms with van der Waals surface area (Å²) in [7, 11) is -2.17. The molecule has 0 aliphatic rings. The zero-order valence-electron chi connectivity index (χ0n) is 5.92. The Morgan fingerprint density at radius 2 is 1.00 bits per heavy atom. The second-order valence-electron chi connectivity index (χ2n) is 0.346. The molecule has 0 aliphatic carbocycles. The maximum absolute atomic E-state index is 7.17. The zero-order chi connectivity index (χ0) is 3.58. The van der Waals surface area contributed by atoms with Crippen LogP contribution in [0, 0.1) is 0 Å². The molecule has 0 atom stereocenters. The van der Waals surface area contributed by atoms with Gasteiger partial charge in [0.15, 0.2) is 0 Å². The van der Waals surface area contributed by atoms with Crippen molar-refractivity contribution in [2.24, 2.45) is 0 Å². The van der Waals surface area contributed by atoms with Gasteiger partial charge in [0.05, 0.1) is 0 Å². The quantitative estimate of drug-likeness (QED) is 0.271. The van der Waals surface area contributed by atoms with Crippen LogP contribution in [0.2, 0.25) is 0 Å². The molecule has 0 aromatic heterocycles. The molecule has 0 spiro atoms. The maximum Gasteiger partial charge on any atom is 1.00 e. The Kier molecular flexibility index (Phi) is 26.2. The summed E-state index contributed by atoms with van der Waals surface area (Å²) in [6.45, 7) is 0. The van der Waals surface area contributed by atoms with Gasteiger partial charge in [-0.1, -0.05) is 0 Å². The van der Waals surface area contributed by atoms with Gasteiger partial charge in [0.2, 0.25) is 0 Å². The molecule has 0 bridgehead atoms. The van der Waals surface area contributed by atoms with Gasteiger partial charge >= 0.3 is 66.4 Å². The molecule has 0 rings (SSSR count). The standard InChI is InChI=1S/BH3O3.2Na.2H/c2-1(3)4;;;;/h2-4H;;;;/q;2*+1;2*-1. The average Bonchev–Trinajstić information content (AvgIpc) is 0.811. The van der Waals surface area contributed by atoms with Crippen LogP contribution in [0.4, 0.5) is 0 Å². The van der Waals surface area contributed by atoms with E-state index < -0.39 is 7.32 Å². The van der Waals surface area contributed by atoms with E-state index in [1.54, 1.807) is 0 Å². The van der Waals surface area contributed by atoms with E-state index in [-0.39, 0.29) is 62.0 Å².